The lowest BCUT2D eigenvalue weighted by Gasteiger charge is -2.25. The van der Waals surface area contributed by atoms with Crippen molar-refractivity contribution in [1.29, 1.82) is 0 Å². The highest BCUT2D eigenvalue weighted by Gasteiger charge is 2.16. The van der Waals surface area contributed by atoms with E-state index in [1.165, 1.54) is 6.42 Å². The third kappa shape index (κ3) is 5.47. The average molecular weight is 217 g/mol. The lowest BCUT2D eigenvalue weighted by Crippen LogP contribution is -2.37. The number of rotatable bonds is 7. The SMILES string of the molecule is CCOC(CO[C@H]1CCCNC1)OCC. The molecule has 0 aromatic rings. The van der Waals surface area contributed by atoms with Crippen molar-refractivity contribution < 1.29 is 14.2 Å². The Morgan fingerprint density at radius 2 is 2.00 bits per heavy atom. The molecule has 0 unspecified atom stereocenters. The van der Waals surface area contributed by atoms with Crippen molar-refractivity contribution in [2.45, 2.75) is 39.1 Å². The van der Waals surface area contributed by atoms with E-state index in [9.17, 15) is 0 Å². The Balaban J connectivity index is 2.13. The second kappa shape index (κ2) is 8.05. The molecule has 1 atom stereocenters. The Morgan fingerprint density at radius 1 is 1.27 bits per heavy atom. The van der Waals surface area contributed by atoms with E-state index in [2.05, 4.69) is 5.32 Å². The van der Waals surface area contributed by atoms with Crippen LogP contribution in [0.3, 0.4) is 0 Å². The zero-order chi connectivity index (χ0) is 10.9. The van der Waals surface area contributed by atoms with Crippen LogP contribution in [0.5, 0.6) is 0 Å². The van der Waals surface area contributed by atoms with E-state index in [-0.39, 0.29) is 6.29 Å². The Morgan fingerprint density at radius 3 is 2.53 bits per heavy atom. The van der Waals surface area contributed by atoms with Crippen LogP contribution < -0.4 is 5.32 Å². The van der Waals surface area contributed by atoms with E-state index >= 15 is 0 Å². The van der Waals surface area contributed by atoms with Crippen LogP contribution in [0.15, 0.2) is 0 Å². The van der Waals surface area contributed by atoms with Crippen LogP contribution in [0.25, 0.3) is 0 Å². The minimum atomic E-state index is -0.207. The van der Waals surface area contributed by atoms with E-state index in [1.54, 1.807) is 0 Å². The minimum Gasteiger partial charge on any atom is -0.372 e. The second-order valence-electron chi connectivity index (χ2n) is 3.64. The van der Waals surface area contributed by atoms with Gasteiger partial charge in [0.15, 0.2) is 6.29 Å². The fourth-order valence-electron chi connectivity index (χ4n) is 1.69. The summed E-state index contributed by atoms with van der Waals surface area (Å²) in [6.07, 6.45) is 2.44. The molecule has 4 heteroatoms. The van der Waals surface area contributed by atoms with Crippen LogP contribution in [-0.2, 0) is 14.2 Å². The molecule has 1 fully saturated rings. The van der Waals surface area contributed by atoms with Gasteiger partial charge in [0.05, 0.1) is 12.7 Å². The van der Waals surface area contributed by atoms with Gasteiger partial charge in [-0.1, -0.05) is 0 Å². The molecule has 1 rings (SSSR count). The molecule has 1 saturated heterocycles. The highest BCUT2D eigenvalue weighted by atomic mass is 16.7. The van der Waals surface area contributed by atoms with Gasteiger partial charge < -0.3 is 19.5 Å². The zero-order valence-corrected chi connectivity index (χ0v) is 9.83. The molecule has 1 aliphatic rings. The van der Waals surface area contributed by atoms with Crippen molar-refractivity contribution in [1.82, 2.24) is 5.32 Å². The normalized spacial score (nSPS) is 22.2. The summed E-state index contributed by atoms with van der Waals surface area (Å²) in [5, 5.41) is 3.32. The lowest BCUT2D eigenvalue weighted by molar-refractivity contribution is -0.177. The zero-order valence-electron chi connectivity index (χ0n) is 9.83. The van der Waals surface area contributed by atoms with E-state index in [1.807, 2.05) is 13.8 Å². The average Bonchev–Trinajstić information content (AvgIpc) is 2.28. The van der Waals surface area contributed by atoms with Crippen molar-refractivity contribution in [2.24, 2.45) is 0 Å². The molecular weight excluding hydrogens is 194 g/mol. The summed E-state index contributed by atoms with van der Waals surface area (Å²) < 4.78 is 16.5. The Labute approximate surface area is 92.3 Å². The van der Waals surface area contributed by atoms with Crippen molar-refractivity contribution in [3.63, 3.8) is 0 Å². The third-order valence-electron chi connectivity index (χ3n) is 2.42. The molecule has 0 bridgehead atoms. The first-order valence-electron chi connectivity index (χ1n) is 5.92. The molecule has 15 heavy (non-hydrogen) atoms. The highest BCUT2D eigenvalue weighted by molar-refractivity contribution is 4.68. The minimum absolute atomic E-state index is 0.207. The van der Waals surface area contributed by atoms with Gasteiger partial charge in [0, 0.05) is 19.8 Å². The quantitative estimate of drug-likeness (QED) is 0.649. The van der Waals surface area contributed by atoms with Crippen LogP contribution in [0.1, 0.15) is 26.7 Å². The van der Waals surface area contributed by atoms with E-state index < -0.39 is 0 Å². The van der Waals surface area contributed by atoms with Gasteiger partial charge in [0.1, 0.15) is 0 Å². The number of hydrogen-bond donors (Lipinski definition) is 1. The molecule has 4 nitrogen and oxygen atoms in total. The smallest absolute Gasteiger partial charge is 0.180 e. The fraction of sp³-hybridized carbons (Fsp3) is 1.00. The van der Waals surface area contributed by atoms with Gasteiger partial charge >= 0.3 is 0 Å². The summed E-state index contributed by atoms with van der Waals surface area (Å²) in [5.74, 6) is 0. The first kappa shape index (κ1) is 12.9. The first-order valence-corrected chi connectivity index (χ1v) is 5.92. The summed E-state index contributed by atoms with van der Waals surface area (Å²) >= 11 is 0. The van der Waals surface area contributed by atoms with Crippen molar-refractivity contribution >= 4 is 0 Å². The van der Waals surface area contributed by atoms with Crippen molar-refractivity contribution in [3.05, 3.63) is 0 Å². The summed E-state index contributed by atoms with van der Waals surface area (Å²) in [6, 6.07) is 0. The van der Waals surface area contributed by atoms with Gasteiger partial charge in [0.2, 0.25) is 0 Å². The van der Waals surface area contributed by atoms with Gasteiger partial charge in [-0.05, 0) is 33.2 Å². The Kier molecular flexibility index (Phi) is 6.92. The Hall–Kier alpha value is -0.160. The molecule has 0 aromatic heterocycles. The summed E-state index contributed by atoms with van der Waals surface area (Å²) in [5.41, 5.74) is 0. The van der Waals surface area contributed by atoms with Gasteiger partial charge in [-0.3, -0.25) is 0 Å². The van der Waals surface area contributed by atoms with Gasteiger partial charge in [-0.25, -0.2) is 0 Å². The van der Waals surface area contributed by atoms with Crippen LogP contribution in [0.2, 0.25) is 0 Å². The maximum absolute atomic E-state index is 5.74. The predicted octanol–water partition coefficient (Wildman–Crippen LogP) is 1.15. The van der Waals surface area contributed by atoms with Crippen LogP contribution >= 0.6 is 0 Å². The molecule has 0 amide bonds. The van der Waals surface area contributed by atoms with Gasteiger partial charge in [-0.15, -0.1) is 0 Å². The van der Waals surface area contributed by atoms with Crippen LogP contribution in [0, 0.1) is 0 Å². The van der Waals surface area contributed by atoms with Crippen molar-refractivity contribution in [3.8, 4) is 0 Å². The molecule has 0 radical (unpaired) electrons. The monoisotopic (exact) mass is 217 g/mol. The standard InChI is InChI=1S/C11H23NO3/c1-3-13-11(14-4-2)9-15-10-6-5-7-12-8-10/h10-12H,3-9H2,1-2H3/t10-/m0/s1. The van der Waals surface area contributed by atoms with E-state index in [0.29, 0.717) is 25.9 Å². The van der Waals surface area contributed by atoms with Crippen LogP contribution in [-0.4, -0.2) is 45.3 Å². The van der Waals surface area contributed by atoms with Crippen LogP contribution in [0.4, 0.5) is 0 Å². The first-order chi connectivity index (χ1) is 7.36. The molecule has 1 heterocycles. The number of ether oxygens (including phenoxy) is 3. The molecule has 90 valence electrons. The topological polar surface area (TPSA) is 39.7 Å². The Bertz CT molecular complexity index is 143. The third-order valence-corrected chi connectivity index (χ3v) is 2.42. The number of nitrogens with one attached hydrogen (secondary N) is 1. The second-order valence-corrected chi connectivity index (χ2v) is 3.64. The largest absolute Gasteiger partial charge is 0.372 e. The highest BCUT2D eigenvalue weighted by Crippen LogP contribution is 2.07. The molecule has 0 aliphatic carbocycles. The maximum atomic E-state index is 5.74. The summed E-state index contributed by atoms with van der Waals surface area (Å²) in [4.78, 5) is 0. The van der Waals surface area contributed by atoms with E-state index in [4.69, 9.17) is 14.2 Å². The maximum Gasteiger partial charge on any atom is 0.180 e. The molecular formula is C11H23NO3. The van der Waals surface area contributed by atoms with Gasteiger partial charge in [0.25, 0.3) is 0 Å². The molecule has 1 N–H and O–H groups in total. The summed E-state index contributed by atoms with van der Waals surface area (Å²) in [7, 11) is 0. The molecule has 0 spiro atoms. The fourth-order valence-corrected chi connectivity index (χ4v) is 1.69. The number of hydrogen-bond acceptors (Lipinski definition) is 4. The lowest BCUT2D eigenvalue weighted by atomic mass is 10.1. The van der Waals surface area contributed by atoms with Crippen molar-refractivity contribution in [2.75, 3.05) is 32.9 Å². The summed E-state index contributed by atoms with van der Waals surface area (Å²) in [6.45, 7) is 7.86. The van der Waals surface area contributed by atoms with Gasteiger partial charge in [-0.2, -0.15) is 0 Å². The van der Waals surface area contributed by atoms with E-state index in [0.717, 1.165) is 19.5 Å². The molecule has 1 aliphatic heterocycles. The predicted molar refractivity (Wildman–Crippen MR) is 58.9 cm³/mol. The number of piperidine rings is 1. The molecule has 0 saturated carbocycles. The molecule has 0 aromatic carbocycles.